The zero-order valence-corrected chi connectivity index (χ0v) is 15.0. The van der Waals surface area contributed by atoms with Gasteiger partial charge in [0.2, 0.25) is 5.91 Å². The fraction of sp³-hybridized carbons (Fsp3) is 0.421. The van der Waals surface area contributed by atoms with Crippen molar-refractivity contribution < 1.29 is 9.53 Å². The summed E-state index contributed by atoms with van der Waals surface area (Å²) in [6, 6.07) is 8.46. The second kappa shape index (κ2) is 10.2. The minimum absolute atomic E-state index is 0.127. The first-order valence-electron chi connectivity index (χ1n) is 8.91. The van der Waals surface area contributed by atoms with Gasteiger partial charge < -0.3 is 14.6 Å². The van der Waals surface area contributed by atoms with Gasteiger partial charge in [-0.2, -0.15) is 0 Å². The van der Waals surface area contributed by atoms with Crippen molar-refractivity contribution in [3.05, 3.63) is 57.4 Å². The molecule has 140 valence electrons. The molecule has 0 saturated heterocycles. The highest BCUT2D eigenvalue weighted by Crippen LogP contribution is 2.16. The van der Waals surface area contributed by atoms with Gasteiger partial charge in [-0.3, -0.25) is 14.6 Å². The van der Waals surface area contributed by atoms with Crippen LogP contribution < -0.4 is 21.3 Å². The van der Waals surface area contributed by atoms with Crippen molar-refractivity contribution in [2.45, 2.75) is 45.6 Å². The Morgan fingerprint density at radius 2 is 1.88 bits per heavy atom. The number of hydrogen-bond acceptors (Lipinski definition) is 4. The predicted molar refractivity (Wildman–Crippen MR) is 101 cm³/mol. The molecule has 1 amide bonds. The Balaban J connectivity index is 1.76. The van der Waals surface area contributed by atoms with Crippen molar-refractivity contribution in [1.82, 2.24) is 9.55 Å². The number of benzene rings is 1. The number of H-pyrrole nitrogens is 1. The number of amides is 1. The smallest absolute Gasteiger partial charge is 0.328 e. The first-order valence-corrected chi connectivity index (χ1v) is 8.91. The summed E-state index contributed by atoms with van der Waals surface area (Å²) in [5.41, 5.74) is -0.309. The number of rotatable bonds is 10. The average Bonchev–Trinajstić information content (AvgIpc) is 2.62. The van der Waals surface area contributed by atoms with E-state index in [9.17, 15) is 14.4 Å². The summed E-state index contributed by atoms with van der Waals surface area (Å²) in [6.07, 6.45) is 6.13. The highest BCUT2D eigenvalue weighted by molar-refractivity contribution is 5.90. The fourth-order valence-electron chi connectivity index (χ4n) is 2.42. The normalized spacial score (nSPS) is 10.5. The number of carbonyl (C=O) groups is 1. The lowest BCUT2D eigenvalue weighted by atomic mass is 10.2. The molecule has 2 aromatic rings. The maximum absolute atomic E-state index is 12.0. The van der Waals surface area contributed by atoms with Gasteiger partial charge in [0.15, 0.2) is 0 Å². The van der Waals surface area contributed by atoms with Gasteiger partial charge in [-0.25, -0.2) is 4.79 Å². The van der Waals surface area contributed by atoms with Crippen LogP contribution in [0.5, 0.6) is 5.75 Å². The summed E-state index contributed by atoms with van der Waals surface area (Å²) < 4.78 is 6.95. The number of unbranched alkanes of at least 4 members (excludes halogenated alkanes) is 3. The molecule has 0 fully saturated rings. The predicted octanol–water partition coefficient (Wildman–Crippen LogP) is 2.52. The standard InChI is InChI=1S/C19H25N3O4/c1-2-3-4-5-14-26-16-8-6-15(7-9-16)20-17(23)10-12-22-13-11-18(24)21-19(22)25/h6-9,11,13H,2-5,10,12,14H2,1H3,(H,20,23)(H,21,24,25). The molecule has 26 heavy (non-hydrogen) atoms. The Morgan fingerprint density at radius 1 is 1.12 bits per heavy atom. The summed E-state index contributed by atoms with van der Waals surface area (Å²) in [5.74, 6) is 0.565. The highest BCUT2D eigenvalue weighted by Gasteiger charge is 2.05. The monoisotopic (exact) mass is 359 g/mol. The van der Waals surface area contributed by atoms with Crippen LogP contribution in [0.1, 0.15) is 39.0 Å². The number of aromatic amines is 1. The SMILES string of the molecule is CCCCCCOc1ccc(NC(=O)CCn2ccc(=O)[nH]c2=O)cc1. The van der Waals surface area contributed by atoms with E-state index < -0.39 is 11.2 Å². The van der Waals surface area contributed by atoms with Gasteiger partial charge in [0.05, 0.1) is 6.61 Å². The van der Waals surface area contributed by atoms with Crippen molar-refractivity contribution >= 4 is 11.6 Å². The van der Waals surface area contributed by atoms with E-state index in [2.05, 4.69) is 17.2 Å². The van der Waals surface area contributed by atoms with E-state index in [0.717, 1.165) is 12.2 Å². The number of aromatic nitrogens is 2. The third kappa shape index (κ3) is 6.58. The lowest BCUT2D eigenvalue weighted by Gasteiger charge is -2.09. The summed E-state index contributed by atoms with van der Waals surface area (Å²) in [5, 5.41) is 2.77. The van der Waals surface area contributed by atoms with Crippen LogP contribution in [0.4, 0.5) is 5.69 Å². The van der Waals surface area contributed by atoms with Crippen molar-refractivity contribution in [3.63, 3.8) is 0 Å². The van der Waals surface area contributed by atoms with Crippen LogP contribution in [0.25, 0.3) is 0 Å². The zero-order valence-electron chi connectivity index (χ0n) is 15.0. The second-order valence-electron chi connectivity index (χ2n) is 6.04. The lowest BCUT2D eigenvalue weighted by molar-refractivity contribution is -0.116. The van der Waals surface area contributed by atoms with Crippen LogP contribution in [-0.2, 0) is 11.3 Å². The molecule has 7 nitrogen and oxygen atoms in total. The second-order valence-corrected chi connectivity index (χ2v) is 6.04. The quantitative estimate of drug-likeness (QED) is 0.638. The lowest BCUT2D eigenvalue weighted by Crippen LogP contribution is -2.29. The van der Waals surface area contributed by atoms with E-state index in [4.69, 9.17) is 4.74 Å². The van der Waals surface area contributed by atoms with Crippen LogP contribution in [0.15, 0.2) is 46.1 Å². The molecule has 0 bridgehead atoms. The van der Waals surface area contributed by atoms with Gasteiger partial charge in [0.25, 0.3) is 5.56 Å². The third-order valence-corrected chi connectivity index (χ3v) is 3.88. The Bertz CT molecular complexity index is 809. The molecular weight excluding hydrogens is 334 g/mol. The maximum atomic E-state index is 12.0. The Hall–Kier alpha value is -2.83. The Labute approximate surface area is 152 Å². The number of aryl methyl sites for hydroxylation is 1. The van der Waals surface area contributed by atoms with Gasteiger partial charge in [0, 0.05) is 30.9 Å². The molecule has 0 aliphatic carbocycles. The van der Waals surface area contributed by atoms with E-state index in [1.165, 1.54) is 36.1 Å². The molecule has 0 unspecified atom stereocenters. The number of ether oxygens (including phenoxy) is 1. The number of anilines is 1. The van der Waals surface area contributed by atoms with Crippen molar-refractivity contribution in [3.8, 4) is 5.75 Å². The average molecular weight is 359 g/mol. The van der Waals surface area contributed by atoms with E-state index in [1.807, 2.05) is 12.1 Å². The largest absolute Gasteiger partial charge is 0.494 e. The van der Waals surface area contributed by atoms with Crippen molar-refractivity contribution in [2.75, 3.05) is 11.9 Å². The third-order valence-electron chi connectivity index (χ3n) is 3.88. The molecule has 0 aliphatic rings. The number of hydrogen-bond donors (Lipinski definition) is 2. The molecule has 1 aromatic heterocycles. The minimum atomic E-state index is -0.522. The first kappa shape index (κ1) is 19.5. The van der Waals surface area contributed by atoms with Crippen LogP contribution in [0.3, 0.4) is 0 Å². The highest BCUT2D eigenvalue weighted by atomic mass is 16.5. The van der Waals surface area contributed by atoms with Gasteiger partial charge >= 0.3 is 5.69 Å². The molecule has 2 N–H and O–H groups in total. The van der Waals surface area contributed by atoms with Gasteiger partial charge in [-0.05, 0) is 30.7 Å². The number of carbonyl (C=O) groups excluding carboxylic acids is 1. The van der Waals surface area contributed by atoms with Crippen molar-refractivity contribution in [2.24, 2.45) is 0 Å². The van der Waals surface area contributed by atoms with Gasteiger partial charge in [-0.15, -0.1) is 0 Å². The first-order chi connectivity index (χ1) is 12.6. The van der Waals surface area contributed by atoms with Crippen LogP contribution >= 0.6 is 0 Å². The molecule has 0 atom stereocenters. The molecule has 2 rings (SSSR count). The molecule has 1 heterocycles. The molecule has 7 heteroatoms. The molecule has 1 aromatic carbocycles. The van der Waals surface area contributed by atoms with Crippen LogP contribution in [-0.4, -0.2) is 22.1 Å². The van der Waals surface area contributed by atoms with E-state index >= 15 is 0 Å². The van der Waals surface area contributed by atoms with Gasteiger partial charge in [-0.1, -0.05) is 26.2 Å². The zero-order chi connectivity index (χ0) is 18.8. The Morgan fingerprint density at radius 3 is 2.58 bits per heavy atom. The summed E-state index contributed by atoms with van der Waals surface area (Å²) in [4.78, 5) is 36.7. The summed E-state index contributed by atoms with van der Waals surface area (Å²) >= 11 is 0. The van der Waals surface area contributed by atoms with E-state index in [-0.39, 0.29) is 18.9 Å². The summed E-state index contributed by atoms with van der Waals surface area (Å²) in [6.45, 7) is 3.06. The number of nitrogens with one attached hydrogen (secondary N) is 2. The maximum Gasteiger partial charge on any atom is 0.328 e. The molecule has 0 saturated carbocycles. The van der Waals surface area contributed by atoms with E-state index in [0.29, 0.717) is 12.3 Å². The molecule has 0 aliphatic heterocycles. The van der Waals surface area contributed by atoms with E-state index in [1.54, 1.807) is 12.1 Å². The van der Waals surface area contributed by atoms with Crippen LogP contribution in [0, 0.1) is 0 Å². The topological polar surface area (TPSA) is 93.2 Å². The molecule has 0 radical (unpaired) electrons. The number of nitrogens with zero attached hydrogens (tertiary/aromatic N) is 1. The van der Waals surface area contributed by atoms with Crippen molar-refractivity contribution in [1.29, 1.82) is 0 Å². The molecular formula is C19H25N3O4. The Kier molecular flexibility index (Phi) is 7.67. The fourth-order valence-corrected chi connectivity index (χ4v) is 2.42. The minimum Gasteiger partial charge on any atom is -0.494 e. The van der Waals surface area contributed by atoms with Gasteiger partial charge in [0.1, 0.15) is 5.75 Å². The van der Waals surface area contributed by atoms with Crippen LogP contribution in [0.2, 0.25) is 0 Å². The summed E-state index contributed by atoms with van der Waals surface area (Å²) in [7, 11) is 0. The molecule has 0 spiro atoms.